The van der Waals surface area contributed by atoms with Crippen LogP contribution in [0.25, 0.3) is 11.3 Å². The van der Waals surface area contributed by atoms with E-state index in [1.807, 2.05) is 41.9 Å². The molecule has 0 unspecified atom stereocenters. The Balaban J connectivity index is 1.84. The minimum Gasteiger partial charge on any atom is -0.494 e. The molecule has 0 saturated heterocycles. The van der Waals surface area contributed by atoms with Crippen LogP contribution in [0.5, 0.6) is 5.75 Å². The fourth-order valence-electron chi connectivity index (χ4n) is 2.86. The molecule has 0 aliphatic carbocycles. The topological polar surface area (TPSA) is 43.6 Å². The molecule has 1 aromatic heterocycles. The van der Waals surface area contributed by atoms with Gasteiger partial charge in [-0.2, -0.15) is 4.99 Å². The zero-order chi connectivity index (χ0) is 19.2. The van der Waals surface area contributed by atoms with E-state index in [2.05, 4.69) is 31.0 Å². The van der Waals surface area contributed by atoms with Crippen molar-refractivity contribution in [2.75, 3.05) is 6.61 Å². The van der Waals surface area contributed by atoms with Crippen molar-refractivity contribution in [2.24, 2.45) is 12.0 Å². The van der Waals surface area contributed by atoms with Crippen LogP contribution in [0.1, 0.15) is 35.0 Å². The van der Waals surface area contributed by atoms with Crippen LogP contribution in [-0.4, -0.2) is 17.1 Å². The van der Waals surface area contributed by atoms with Crippen molar-refractivity contribution in [3.8, 4) is 17.0 Å². The van der Waals surface area contributed by atoms with Gasteiger partial charge < -0.3 is 9.30 Å². The molecule has 1 heterocycles. The molecular weight excluding hydrogens is 356 g/mol. The fraction of sp³-hybridized carbons (Fsp3) is 0.273. The number of ether oxygens (including phenoxy) is 1. The number of unbranched alkanes of at least 4 members (excludes halogenated alkanes) is 1. The lowest BCUT2D eigenvalue weighted by atomic mass is 10.1. The molecule has 3 aromatic rings. The van der Waals surface area contributed by atoms with Gasteiger partial charge in [0, 0.05) is 17.5 Å². The molecule has 0 bridgehead atoms. The quantitative estimate of drug-likeness (QED) is 0.566. The normalized spacial score (nSPS) is 11.6. The number of benzene rings is 2. The number of thiazole rings is 1. The van der Waals surface area contributed by atoms with E-state index in [4.69, 9.17) is 4.74 Å². The third-order valence-corrected chi connectivity index (χ3v) is 5.36. The molecule has 27 heavy (non-hydrogen) atoms. The number of aryl methyl sites for hydroxylation is 1. The average molecular weight is 381 g/mol. The molecule has 0 aliphatic heterocycles. The van der Waals surface area contributed by atoms with Gasteiger partial charge in [-0.25, -0.2) is 0 Å². The second-order valence-corrected chi connectivity index (χ2v) is 7.54. The van der Waals surface area contributed by atoms with Gasteiger partial charge in [-0.3, -0.25) is 4.79 Å². The lowest BCUT2D eigenvalue weighted by molar-refractivity contribution is 0.0998. The summed E-state index contributed by atoms with van der Waals surface area (Å²) in [7, 11) is 1.95. The second-order valence-electron chi connectivity index (χ2n) is 6.36. The predicted molar refractivity (Wildman–Crippen MR) is 110 cm³/mol. The van der Waals surface area contributed by atoms with Crippen LogP contribution in [-0.2, 0) is 7.05 Å². The largest absolute Gasteiger partial charge is 0.494 e. The number of aromatic nitrogens is 1. The van der Waals surface area contributed by atoms with Gasteiger partial charge in [0.15, 0.2) is 4.80 Å². The molecule has 1 amide bonds. The maximum atomic E-state index is 12.6. The van der Waals surface area contributed by atoms with Crippen LogP contribution in [0.2, 0.25) is 0 Å². The molecule has 5 heteroatoms. The Kier molecular flexibility index (Phi) is 6.24. The molecular formula is C22H24N2O2S. The molecule has 0 radical (unpaired) electrons. The van der Waals surface area contributed by atoms with Crippen LogP contribution in [0.15, 0.2) is 59.6 Å². The van der Waals surface area contributed by atoms with Crippen LogP contribution in [0, 0.1) is 6.92 Å². The van der Waals surface area contributed by atoms with E-state index in [9.17, 15) is 4.79 Å². The summed E-state index contributed by atoms with van der Waals surface area (Å²) < 4.78 is 7.62. The number of amides is 1. The second kappa shape index (κ2) is 8.82. The monoisotopic (exact) mass is 380 g/mol. The maximum absolute atomic E-state index is 12.6. The molecule has 0 atom stereocenters. The van der Waals surface area contributed by atoms with E-state index >= 15 is 0 Å². The molecule has 0 N–H and O–H groups in total. The molecule has 2 aromatic carbocycles. The fourth-order valence-corrected chi connectivity index (χ4v) is 3.84. The summed E-state index contributed by atoms with van der Waals surface area (Å²) >= 11 is 1.53. The number of nitrogens with zero attached hydrogens (tertiary/aromatic N) is 2. The number of carbonyl (C=O) groups is 1. The first-order chi connectivity index (χ1) is 13.1. The molecule has 3 rings (SSSR count). The van der Waals surface area contributed by atoms with Crippen molar-refractivity contribution in [1.29, 1.82) is 0 Å². The maximum Gasteiger partial charge on any atom is 0.279 e. The highest BCUT2D eigenvalue weighted by atomic mass is 32.1. The van der Waals surface area contributed by atoms with E-state index < -0.39 is 0 Å². The van der Waals surface area contributed by atoms with Crippen molar-refractivity contribution < 1.29 is 9.53 Å². The zero-order valence-electron chi connectivity index (χ0n) is 15.9. The van der Waals surface area contributed by atoms with Crippen LogP contribution >= 0.6 is 11.3 Å². The van der Waals surface area contributed by atoms with Gasteiger partial charge in [-0.1, -0.05) is 43.7 Å². The standard InChI is InChI=1S/C22H24N2O2S/c1-4-5-15-26-19-13-11-18(12-14-19)21(25)23-22-24(3)20(16(2)27-22)17-9-7-6-8-10-17/h6-14H,4-5,15H2,1-3H3. The minimum atomic E-state index is -0.244. The summed E-state index contributed by atoms with van der Waals surface area (Å²) in [4.78, 5) is 18.8. The first-order valence-corrected chi connectivity index (χ1v) is 9.95. The summed E-state index contributed by atoms with van der Waals surface area (Å²) in [5.41, 5.74) is 2.77. The molecule has 140 valence electrons. The predicted octanol–water partition coefficient (Wildman–Crippen LogP) is 4.98. The number of rotatable bonds is 6. The van der Waals surface area contributed by atoms with Crippen molar-refractivity contribution in [3.05, 3.63) is 69.8 Å². The van der Waals surface area contributed by atoms with E-state index in [1.165, 1.54) is 11.3 Å². The molecule has 4 nitrogen and oxygen atoms in total. The van der Waals surface area contributed by atoms with Gasteiger partial charge in [0.1, 0.15) is 5.75 Å². The Morgan fingerprint density at radius 3 is 2.48 bits per heavy atom. The van der Waals surface area contributed by atoms with Crippen LogP contribution < -0.4 is 9.54 Å². The Morgan fingerprint density at radius 2 is 1.81 bits per heavy atom. The Hall–Kier alpha value is -2.66. The first kappa shape index (κ1) is 19.1. The SMILES string of the molecule is CCCCOc1ccc(C(=O)N=c2sc(C)c(-c3ccccc3)n2C)cc1. The third kappa shape index (κ3) is 4.55. The zero-order valence-corrected chi connectivity index (χ0v) is 16.8. The lowest BCUT2D eigenvalue weighted by Crippen LogP contribution is -2.14. The van der Waals surface area contributed by atoms with Crippen molar-refractivity contribution in [2.45, 2.75) is 26.7 Å². The highest BCUT2D eigenvalue weighted by molar-refractivity contribution is 7.09. The Morgan fingerprint density at radius 1 is 1.11 bits per heavy atom. The van der Waals surface area contributed by atoms with Gasteiger partial charge in [-0.05, 0) is 43.2 Å². The van der Waals surface area contributed by atoms with Crippen LogP contribution in [0.4, 0.5) is 0 Å². The minimum absolute atomic E-state index is 0.244. The summed E-state index contributed by atoms with van der Waals surface area (Å²) in [6.45, 7) is 4.88. The summed E-state index contributed by atoms with van der Waals surface area (Å²) in [5, 5.41) is 0. The van der Waals surface area contributed by atoms with Crippen molar-refractivity contribution in [1.82, 2.24) is 4.57 Å². The summed E-state index contributed by atoms with van der Waals surface area (Å²) in [6.07, 6.45) is 2.12. The average Bonchev–Trinajstić information content (AvgIpc) is 2.96. The van der Waals surface area contributed by atoms with Gasteiger partial charge in [0.2, 0.25) is 0 Å². The van der Waals surface area contributed by atoms with E-state index in [1.54, 1.807) is 12.1 Å². The highest BCUT2D eigenvalue weighted by Crippen LogP contribution is 2.24. The van der Waals surface area contributed by atoms with Gasteiger partial charge in [0.05, 0.1) is 12.3 Å². The summed E-state index contributed by atoms with van der Waals surface area (Å²) in [5.74, 6) is 0.537. The summed E-state index contributed by atoms with van der Waals surface area (Å²) in [6, 6.07) is 17.3. The van der Waals surface area contributed by atoms with E-state index in [0.717, 1.165) is 34.7 Å². The smallest absolute Gasteiger partial charge is 0.279 e. The molecule has 0 aliphatic rings. The van der Waals surface area contributed by atoms with Gasteiger partial charge >= 0.3 is 0 Å². The van der Waals surface area contributed by atoms with Gasteiger partial charge in [-0.15, -0.1) is 11.3 Å². The van der Waals surface area contributed by atoms with Crippen molar-refractivity contribution >= 4 is 17.2 Å². The number of carbonyl (C=O) groups excluding carboxylic acids is 1. The lowest BCUT2D eigenvalue weighted by Gasteiger charge is -2.05. The van der Waals surface area contributed by atoms with E-state index in [0.29, 0.717) is 17.0 Å². The third-order valence-electron chi connectivity index (χ3n) is 4.31. The highest BCUT2D eigenvalue weighted by Gasteiger charge is 2.11. The first-order valence-electron chi connectivity index (χ1n) is 9.14. The Bertz CT molecular complexity index is 970. The van der Waals surface area contributed by atoms with Crippen LogP contribution in [0.3, 0.4) is 0 Å². The van der Waals surface area contributed by atoms with E-state index in [-0.39, 0.29) is 5.91 Å². The molecule has 0 saturated carbocycles. The molecule has 0 spiro atoms. The number of hydrogen-bond donors (Lipinski definition) is 0. The molecule has 0 fully saturated rings. The Labute approximate surface area is 163 Å². The van der Waals surface area contributed by atoms with Crippen molar-refractivity contribution in [3.63, 3.8) is 0 Å². The van der Waals surface area contributed by atoms with Gasteiger partial charge in [0.25, 0.3) is 5.91 Å². The number of hydrogen-bond acceptors (Lipinski definition) is 3.